The van der Waals surface area contributed by atoms with Gasteiger partial charge in [0.05, 0.1) is 0 Å². The van der Waals surface area contributed by atoms with Gasteiger partial charge in [0.25, 0.3) is 0 Å². The standard InChI is InChI=1S/C18H17NO2/c1-2-13-3-7-15(8-4-13)21-16-9-5-14(6-10-16)17-11-12-18(20)19-17/h3-11H,2,12H2,1H3,(H,19,20). The van der Waals surface area contributed by atoms with Gasteiger partial charge in [-0.2, -0.15) is 0 Å². The fraction of sp³-hybridized carbons (Fsp3) is 0.167. The molecule has 0 bridgehead atoms. The zero-order valence-corrected chi connectivity index (χ0v) is 11.9. The lowest BCUT2D eigenvalue weighted by Crippen LogP contribution is -2.13. The van der Waals surface area contributed by atoms with Crippen LogP contribution in [0.4, 0.5) is 0 Å². The van der Waals surface area contributed by atoms with Crippen LogP contribution in [0.2, 0.25) is 0 Å². The minimum absolute atomic E-state index is 0.0429. The van der Waals surface area contributed by atoms with Gasteiger partial charge in [0, 0.05) is 12.1 Å². The van der Waals surface area contributed by atoms with Crippen LogP contribution in [0.15, 0.2) is 54.6 Å². The summed E-state index contributed by atoms with van der Waals surface area (Å²) in [5.74, 6) is 1.66. The van der Waals surface area contributed by atoms with E-state index < -0.39 is 0 Å². The highest BCUT2D eigenvalue weighted by Gasteiger charge is 2.12. The summed E-state index contributed by atoms with van der Waals surface area (Å²) in [6.45, 7) is 2.13. The fourth-order valence-electron chi connectivity index (χ4n) is 2.27. The maximum absolute atomic E-state index is 11.2. The summed E-state index contributed by atoms with van der Waals surface area (Å²) >= 11 is 0. The third kappa shape index (κ3) is 3.14. The Labute approximate surface area is 124 Å². The predicted octanol–water partition coefficient (Wildman–Crippen LogP) is 3.90. The Bertz CT molecular complexity index is 669. The van der Waals surface area contributed by atoms with E-state index in [0.29, 0.717) is 6.42 Å². The van der Waals surface area contributed by atoms with Crippen molar-refractivity contribution in [1.82, 2.24) is 5.32 Å². The van der Waals surface area contributed by atoms with E-state index in [2.05, 4.69) is 24.4 Å². The Morgan fingerprint density at radius 2 is 1.62 bits per heavy atom. The van der Waals surface area contributed by atoms with E-state index in [1.807, 2.05) is 42.5 Å². The van der Waals surface area contributed by atoms with Crippen molar-refractivity contribution in [3.8, 4) is 11.5 Å². The maximum Gasteiger partial charge on any atom is 0.228 e. The molecule has 0 radical (unpaired) electrons. The van der Waals surface area contributed by atoms with Gasteiger partial charge in [-0.05, 0) is 53.9 Å². The zero-order chi connectivity index (χ0) is 14.7. The smallest absolute Gasteiger partial charge is 0.228 e. The maximum atomic E-state index is 11.2. The first kappa shape index (κ1) is 13.4. The molecule has 1 heterocycles. The van der Waals surface area contributed by atoms with Crippen LogP contribution in [0.3, 0.4) is 0 Å². The average molecular weight is 279 g/mol. The van der Waals surface area contributed by atoms with Gasteiger partial charge in [0.15, 0.2) is 0 Å². The second-order valence-corrected chi connectivity index (χ2v) is 4.99. The normalized spacial score (nSPS) is 13.8. The second kappa shape index (κ2) is 5.83. The predicted molar refractivity (Wildman–Crippen MR) is 83.1 cm³/mol. The molecule has 1 aliphatic rings. The van der Waals surface area contributed by atoms with Crippen LogP contribution >= 0.6 is 0 Å². The highest BCUT2D eigenvalue weighted by molar-refractivity contribution is 5.93. The molecule has 1 amide bonds. The Morgan fingerprint density at radius 3 is 2.14 bits per heavy atom. The fourth-order valence-corrected chi connectivity index (χ4v) is 2.27. The summed E-state index contributed by atoms with van der Waals surface area (Å²) in [5.41, 5.74) is 3.16. The first-order valence-electron chi connectivity index (χ1n) is 7.12. The second-order valence-electron chi connectivity index (χ2n) is 4.99. The summed E-state index contributed by atoms with van der Waals surface area (Å²) < 4.78 is 5.81. The molecule has 2 aromatic rings. The number of rotatable bonds is 4. The van der Waals surface area contributed by atoms with Crippen molar-refractivity contribution in [2.24, 2.45) is 0 Å². The van der Waals surface area contributed by atoms with E-state index in [1.165, 1.54) is 5.56 Å². The van der Waals surface area contributed by atoms with E-state index in [0.717, 1.165) is 29.2 Å². The van der Waals surface area contributed by atoms with Gasteiger partial charge < -0.3 is 10.1 Å². The van der Waals surface area contributed by atoms with E-state index >= 15 is 0 Å². The highest BCUT2D eigenvalue weighted by atomic mass is 16.5. The van der Waals surface area contributed by atoms with E-state index in [4.69, 9.17) is 4.74 Å². The van der Waals surface area contributed by atoms with Gasteiger partial charge in [-0.3, -0.25) is 4.79 Å². The molecule has 0 fully saturated rings. The molecule has 3 nitrogen and oxygen atoms in total. The molecule has 0 saturated heterocycles. The Hall–Kier alpha value is -2.55. The summed E-state index contributed by atoms with van der Waals surface area (Å²) in [7, 11) is 0. The molecular weight excluding hydrogens is 262 g/mol. The summed E-state index contributed by atoms with van der Waals surface area (Å²) in [5, 5.41) is 2.83. The number of carbonyl (C=O) groups is 1. The Balaban J connectivity index is 1.70. The first-order valence-corrected chi connectivity index (χ1v) is 7.12. The van der Waals surface area contributed by atoms with E-state index in [-0.39, 0.29) is 5.91 Å². The number of hydrogen-bond acceptors (Lipinski definition) is 2. The van der Waals surface area contributed by atoms with Gasteiger partial charge in [-0.25, -0.2) is 0 Å². The molecule has 0 atom stereocenters. The molecule has 0 spiro atoms. The zero-order valence-electron chi connectivity index (χ0n) is 11.9. The Kier molecular flexibility index (Phi) is 3.73. The van der Waals surface area contributed by atoms with Gasteiger partial charge >= 0.3 is 0 Å². The molecule has 0 saturated carbocycles. The third-order valence-corrected chi connectivity index (χ3v) is 3.50. The lowest BCUT2D eigenvalue weighted by atomic mass is 10.1. The van der Waals surface area contributed by atoms with Crippen molar-refractivity contribution in [2.75, 3.05) is 0 Å². The van der Waals surface area contributed by atoms with E-state index in [9.17, 15) is 4.79 Å². The summed E-state index contributed by atoms with van der Waals surface area (Å²) in [4.78, 5) is 11.2. The number of aryl methyl sites for hydroxylation is 1. The number of ether oxygens (including phenoxy) is 1. The SMILES string of the molecule is CCc1ccc(Oc2ccc(C3=CCC(=O)N3)cc2)cc1. The number of amides is 1. The van der Waals surface area contributed by atoms with Gasteiger partial charge in [-0.1, -0.05) is 25.1 Å². The number of benzene rings is 2. The lowest BCUT2D eigenvalue weighted by Gasteiger charge is -2.08. The monoisotopic (exact) mass is 279 g/mol. The van der Waals surface area contributed by atoms with Crippen LogP contribution in [-0.4, -0.2) is 5.91 Å². The molecule has 3 heteroatoms. The van der Waals surface area contributed by atoms with Crippen molar-refractivity contribution >= 4 is 11.6 Å². The summed E-state index contributed by atoms with van der Waals surface area (Å²) in [6.07, 6.45) is 3.38. The molecule has 106 valence electrons. The van der Waals surface area contributed by atoms with Crippen LogP contribution in [0.25, 0.3) is 5.70 Å². The first-order chi connectivity index (χ1) is 10.2. The summed E-state index contributed by atoms with van der Waals surface area (Å²) in [6, 6.07) is 15.8. The molecule has 0 aliphatic carbocycles. The molecule has 0 unspecified atom stereocenters. The minimum atomic E-state index is 0.0429. The number of hydrogen-bond donors (Lipinski definition) is 1. The van der Waals surface area contributed by atoms with Gasteiger partial charge in [0.2, 0.25) is 5.91 Å². The van der Waals surface area contributed by atoms with Crippen LogP contribution in [0, 0.1) is 0 Å². The molecule has 0 aromatic heterocycles. The van der Waals surface area contributed by atoms with Crippen LogP contribution in [0.1, 0.15) is 24.5 Å². The molecule has 3 rings (SSSR count). The topological polar surface area (TPSA) is 38.3 Å². The van der Waals surface area contributed by atoms with Gasteiger partial charge in [0.1, 0.15) is 11.5 Å². The number of carbonyl (C=O) groups excluding carboxylic acids is 1. The van der Waals surface area contributed by atoms with Crippen LogP contribution in [-0.2, 0) is 11.2 Å². The van der Waals surface area contributed by atoms with Crippen molar-refractivity contribution in [3.63, 3.8) is 0 Å². The van der Waals surface area contributed by atoms with Crippen molar-refractivity contribution in [3.05, 3.63) is 65.7 Å². The van der Waals surface area contributed by atoms with Crippen LogP contribution in [0.5, 0.6) is 11.5 Å². The molecule has 21 heavy (non-hydrogen) atoms. The van der Waals surface area contributed by atoms with Gasteiger partial charge in [-0.15, -0.1) is 0 Å². The van der Waals surface area contributed by atoms with Crippen LogP contribution < -0.4 is 10.1 Å². The highest BCUT2D eigenvalue weighted by Crippen LogP contribution is 2.24. The third-order valence-electron chi connectivity index (χ3n) is 3.50. The van der Waals surface area contributed by atoms with Crippen molar-refractivity contribution < 1.29 is 9.53 Å². The molecular formula is C18H17NO2. The largest absolute Gasteiger partial charge is 0.457 e. The number of nitrogens with one attached hydrogen (secondary N) is 1. The molecule has 1 aliphatic heterocycles. The molecule has 2 aromatic carbocycles. The lowest BCUT2D eigenvalue weighted by molar-refractivity contribution is -0.118. The molecule has 1 N–H and O–H groups in total. The minimum Gasteiger partial charge on any atom is -0.457 e. The quantitative estimate of drug-likeness (QED) is 0.921. The van der Waals surface area contributed by atoms with E-state index in [1.54, 1.807) is 0 Å². The Morgan fingerprint density at radius 1 is 1.00 bits per heavy atom. The van der Waals surface area contributed by atoms with Crippen molar-refractivity contribution in [2.45, 2.75) is 19.8 Å². The van der Waals surface area contributed by atoms with Crippen molar-refractivity contribution in [1.29, 1.82) is 0 Å². The average Bonchev–Trinajstić information content (AvgIpc) is 2.95.